The third-order valence-electron chi connectivity index (χ3n) is 3.42. The van der Waals surface area contributed by atoms with Crippen LogP contribution in [-0.4, -0.2) is 24.7 Å². The fourth-order valence-electron chi connectivity index (χ4n) is 1.95. The molecule has 0 bridgehead atoms. The average Bonchev–Trinajstić information content (AvgIpc) is 2.27. The van der Waals surface area contributed by atoms with Gasteiger partial charge in [0.2, 0.25) is 0 Å². The lowest BCUT2D eigenvalue weighted by Gasteiger charge is -2.38. The van der Waals surface area contributed by atoms with Crippen molar-refractivity contribution in [1.82, 2.24) is 0 Å². The van der Waals surface area contributed by atoms with E-state index in [1.165, 1.54) is 0 Å². The molecule has 0 saturated carbocycles. The Balaban J connectivity index is 2.20. The van der Waals surface area contributed by atoms with E-state index < -0.39 is 0 Å². The van der Waals surface area contributed by atoms with Gasteiger partial charge in [-0.1, -0.05) is 6.92 Å². The van der Waals surface area contributed by atoms with E-state index in [1.807, 2.05) is 19.9 Å². The number of hydrogen-bond acceptors (Lipinski definition) is 4. The van der Waals surface area contributed by atoms with Gasteiger partial charge in [0.05, 0.1) is 18.1 Å². The number of aryl methyl sites for hydroxylation is 2. The van der Waals surface area contributed by atoms with Gasteiger partial charge in [-0.25, -0.2) is 0 Å². The molecule has 1 aromatic carbocycles. The lowest BCUT2D eigenvalue weighted by atomic mass is 9.88. The molecule has 2 rings (SSSR count). The molecule has 0 unspecified atom stereocenters. The molecular weight excluding hydrogens is 232 g/mol. The van der Waals surface area contributed by atoms with Gasteiger partial charge in [0.15, 0.2) is 0 Å². The van der Waals surface area contributed by atoms with E-state index in [2.05, 4.69) is 12.2 Å². The summed E-state index contributed by atoms with van der Waals surface area (Å²) in [4.78, 5) is 10.7. The summed E-state index contributed by atoms with van der Waals surface area (Å²) in [5.74, 6) is 0. The van der Waals surface area contributed by atoms with Crippen LogP contribution >= 0.6 is 0 Å². The predicted molar refractivity (Wildman–Crippen MR) is 70.0 cm³/mol. The van der Waals surface area contributed by atoms with Gasteiger partial charge in [-0.05, 0) is 31.0 Å². The van der Waals surface area contributed by atoms with Gasteiger partial charge < -0.3 is 10.1 Å². The Hall–Kier alpha value is -1.62. The fourth-order valence-corrected chi connectivity index (χ4v) is 1.95. The molecule has 5 nitrogen and oxygen atoms in total. The molecule has 98 valence electrons. The van der Waals surface area contributed by atoms with Crippen LogP contribution in [0, 0.1) is 29.4 Å². The fraction of sp³-hybridized carbons (Fsp3) is 0.538. The summed E-state index contributed by atoms with van der Waals surface area (Å²) >= 11 is 0. The number of nitro groups is 1. The Morgan fingerprint density at radius 1 is 1.39 bits per heavy atom. The zero-order chi connectivity index (χ0) is 13.3. The molecule has 1 aliphatic rings. The van der Waals surface area contributed by atoms with Crippen LogP contribution in [0.1, 0.15) is 18.1 Å². The number of ether oxygens (including phenoxy) is 1. The third-order valence-corrected chi connectivity index (χ3v) is 3.42. The largest absolute Gasteiger partial charge is 0.380 e. The van der Waals surface area contributed by atoms with Crippen molar-refractivity contribution in [3.63, 3.8) is 0 Å². The van der Waals surface area contributed by atoms with E-state index in [9.17, 15) is 10.1 Å². The highest BCUT2D eigenvalue weighted by Crippen LogP contribution is 2.31. The lowest BCUT2D eigenvalue weighted by molar-refractivity contribution is -0.384. The van der Waals surface area contributed by atoms with Crippen LogP contribution in [0.3, 0.4) is 0 Å². The highest BCUT2D eigenvalue weighted by atomic mass is 16.6. The SMILES string of the molecule is Cc1cc(NCC2(C)COC2)c([N+](=O)[O-])cc1C. The summed E-state index contributed by atoms with van der Waals surface area (Å²) in [5.41, 5.74) is 2.81. The zero-order valence-corrected chi connectivity index (χ0v) is 10.9. The molecule has 1 fully saturated rings. The van der Waals surface area contributed by atoms with Crippen molar-refractivity contribution in [2.75, 3.05) is 25.1 Å². The molecule has 1 N–H and O–H groups in total. The van der Waals surface area contributed by atoms with E-state index in [0.717, 1.165) is 11.1 Å². The third kappa shape index (κ3) is 2.46. The minimum absolute atomic E-state index is 0.0899. The van der Waals surface area contributed by atoms with E-state index >= 15 is 0 Å². The van der Waals surface area contributed by atoms with Crippen molar-refractivity contribution in [3.8, 4) is 0 Å². The molecular formula is C13H18N2O3. The molecule has 0 atom stereocenters. The molecule has 0 aromatic heterocycles. The van der Waals surface area contributed by atoms with Crippen LogP contribution in [0.4, 0.5) is 11.4 Å². The van der Waals surface area contributed by atoms with Crippen LogP contribution in [0.2, 0.25) is 0 Å². The van der Waals surface area contributed by atoms with Crippen LogP contribution < -0.4 is 5.32 Å². The molecule has 1 aromatic rings. The molecule has 0 amide bonds. The summed E-state index contributed by atoms with van der Waals surface area (Å²) in [7, 11) is 0. The van der Waals surface area contributed by atoms with Crippen molar-refractivity contribution < 1.29 is 9.66 Å². The van der Waals surface area contributed by atoms with E-state index in [0.29, 0.717) is 25.4 Å². The average molecular weight is 250 g/mol. The Labute approximate surface area is 106 Å². The summed E-state index contributed by atoms with van der Waals surface area (Å²) in [6.07, 6.45) is 0. The second-order valence-electron chi connectivity index (χ2n) is 5.37. The van der Waals surface area contributed by atoms with Gasteiger partial charge >= 0.3 is 0 Å². The van der Waals surface area contributed by atoms with Crippen molar-refractivity contribution in [1.29, 1.82) is 0 Å². The lowest BCUT2D eigenvalue weighted by Crippen LogP contribution is -2.45. The minimum Gasteiger partial charge on any atom is -0.380 e. The molecule has 1 heterocycles. The van der Waals surface area contributed by atoms with Gasteiger partial charge in [0.1, 0.15) is 5.69 Å². The van der Waals surface area contributed by atoms with Gasteiger partial charge in [-0.3, -0.25) is 10.1 Å². The van der Waals surface area contributed by atoms with Crippen molar-refractivity contribution in [2.45, 2.75) is 20.8 Å². The van der Waals surface area contributed by atoms with Gasteiger partial charge in [-0.2, -0.15) is 0 Å². The highest BCUT2D eigenvalue weighted by molar-refractivity contribution is 5.64. The molecule has 0 radical (unpaired) electrons. The number of hydrogen-bond donors (Lipinski definition) is 1. The first-order chi connectivity index (χ1) is 8.41. The second kappa shape index (κ2) is 4.57. The predicted octanol–water partition coefficient (Wildman–Crippen LogP) is 2.66. The Morgan fingerprint density at radius 2 is 2.00 bits per heavy atom. The van der Waals surface area contributed by atoms with Gasteiger partial charge in [0.25, 0.3) is 5.69 Å². The number of nitrogens with zero attached hydrogens (tertiary/aromatic N) is 1. The molecule has 0 spiro atoms. The zero-order valence-electron chi connectivity index (χ0n) is 10.9. The van der Waals surface area contributed by atoms with Crippen LogP contribution in [0.15, 0.2) is 12.1 Å². The summed E-state index contributed by atoms with van der Waals surface area (Å²) < 4.78 is 5.17. The highest BCUT2D eigenvalue weighted by Gasteiger charge is 2.33. The molecule has 18 heavy (non-hydrogen) atoms. The maximum atomic E-state index is 11.0. The summed E-state index contributed by atoms with van der Waals surface area (Å²) in [5, 5.41) is 14.2. The normalized spacial score (nSPS) is 17.1. The van der Waals surface area contributed by atoms with E-state index in [1.54, 1.807) is 6.07 Å². The standard InChI is InChI=1S/C13H18N2O3/c1-9-4-11(12(15(16)17)5-10(9)2)14-6-13(3)7-18-8-13/h4-5,14H,6-8H2,1-3H3. The maximum absolute atomic E-state index is 11.0. The maximum Gasteiger partial charge on any atom is 0.292 e. The smallest absolute Gasteiger partial charge is 0.292 e. The Morgan fingerprint density at radius 3 is 2.50 bits per heavy atom. The first kappa shape index (κ1) is 12.8. The Bertz CT molecular complexity index is 481. The molecule has 0 aliphatic carbocycles. The number of nitrogens with one attached hydrogen (secondary N) is 1. The Kier molecular flexibility index (Phi) is 3.26. The van der Waals surface area contributed by atoms with Crippen LogP contribution in [0.5, 0.6) is 0 Å². The quantitative estimate of drug-likeness (QED) is 0.659. The number of nitro benzene ring substituents is 1. The molecule has 1 saturated heterocycles. The van der Waals surface area contributed by atoms with E-state index in [4.69, 9.17) is 4.74 Å². The topological polar surface area (TPSA) is 64.4 Å². The van der Waals surface area contributed by atoms with Crippen LogP contribution in [-0.2, 0) is 4.74 Å². The van der Waals surface area contributed by atoms with Crippen molar-refractivity contribution in [2.24, 2.45) is 5.41 Å². The van der Waals surface area contributed by atoms with Crippen molar-refractivity contribution in [3.05, 3.63) is 33.4 Å². The summed E-state index contributed by atoms with van der Waals surface area (Å²) in [6.45, 7) is 8.05. The number of benzene rings is 1. The van der Waals surface area contributed by atoms with Gasteiger partial charge in [0, 0.05) is 18.0 Å². The van der Waals surface area contributed by atoms with Crippen LogP contribution in [0.25, 0.3) is 0 Å². The molecule has 5 heteroatoms. The van der Waals surface area contributed by atoms with E-state index in [-0.39, 0.29) is 16.0 Å². The minimum atomic E-state index is -0.339. The van der Waals surface area contributed by atoms with Gasteiger partial charge in [-0.15, -0.1) is 0 Å². The first-order valence-electron chi connectivity index (χ1n) is 5.99. The summed E-state index contributed by atoms with van der Waals surface area (Å²) in [6, 6.07) is 3.47. The first-order valence-corrected chi connectivity index (χ1v) is 5.99. The number of anilines is 1. The number of rotatable bonds is 4. The van der Waals surface area contributed by atoms with Crippen molar-refractivity contribution >= 4 is 11.4 Å². The second-order valence-corrected chi connectivity index (χ2v) is 5.37. The molecule has 1 aliphatic heterocycles. The monoisotopic (exact) mass is 250 g/mol.